The first kappa shape index (κ1) is 25.5. The van der Waals surface area contributed by atoms with Crippen LogP contribution in [0.5, 0.6) is 0 Å². The Hall–Kier alpha value is -3.18. The fraction of sp³-hybridized carbons (Fsp3) is 0.520. The van der Waals surface area contributed by atoms with Gasteiger partial charge in [-0.2, -0.15) is 4.98 Å². The number of aromatic nitrogens is 4. The summed E-state index contributed by atoms with van der Waals surface area (Å²) in [5.74, 6) is -0.360. The Morgan fingerprint density at radius 3 is 2.57 bits per heavy atom. The monoisotopic (exact) mass is 532 g/mol. The summed E-state index contributed by atoms with van der Waals surface area (Å²) >= 11 is 6.33. The van der Waals surface area contributed by atoms with Crippen molar-refractivity contribution >= 4 is 34.6 Å². The molecule has 1 amide bonds. The normalized spacial score (nSPS) is 19.1. The van der Waals surface area contributed by atoms with Crippen LogP contribution in [0.3, 0.4) is 0 Å². The predicted octanol–water partition coefficient (Wildman–Crippen LogP) is 1.47. The van der Waals surface area contributed by atoms with Gasteiger partial charge < -0.3 is 14.9 Å². The molecule has 12 heteroatoms. The molecule has 1 atom stereocenters. The third-order valence-electron chi connectivity index (χ3n) is 7.54. The third-order valence-corrected chi connectivity index (χ3v) is 7.89. The number of carbonyl (C=O) groups excluding carboxylic acids is 1. The van der Waals surface area contributed by atoms with Gasteiger partial charge in [0.05, 0.1) is 18.6 Å². The Morgan fingerprint density at radius 1 is 1.14 bits per heavy atom. The molecular weight excluding hydrogens is 503 g/mol. The molecule has 5 rings (SSSR count). The fourth-order valence-electron chi connectivity index (χ4n) is 5.37. The van der Waals surface area contributed by atoms with Crippen molar-refractivity contribution < 1.29 is 14.3 Å². The van der Waals surface area contributed by atoms with E-state index in [1.54, 1.807) is 10.6 Å². The Balaban J connectivity index is 1.57. The van der Waals surface area contributed by atoms with E-state index in [1.165, 1.54) is 30.8 Å². The average molecular weight is 533 g/mol. The summed E-state index contributed by atoms with van der Waals surface area (Å²) in [7, 11) is 2.93. The maximum absolute atomic E-state index is 14.8. The number of amides is 1. The number of fused-ring (bicyclic) bond motifs is 1. The van der Waals surface area contributed by atoms with Gasteiger partial charge in [0.2, 0.25) is 11.9 Å². The maximum Gasteiger partial charge on any atom is 0.332 e. The number of imidazole rings is 1. The van der Waals surface area contributed by atoms with E-state index in [0.717, 1.165) is 11.0 Å². The van der Waals surface area contributed by atoms with Crippen LogP contribution in [-0.4, -0.2) is 66.9 Å². The van der Waals surface area contributed by atoms with E-state index in [0.29, 0.717) is 51.4 Å². The Morgan fingerprint density at radius 2 is 1.86 bits per heavy atom. The highest BCUT2D eigenvalue weighted by Gasteiger charge is 2.33. The number of rotatable bonds is 4. The fourth-order valence-corrected chi connectivity index (χ4v) is 5.60. The Labute approximate surface area is 217 Å². The molecule has 0 bridgehead atoms. The first-order chi connectivity index (χ1) is 17.7. The molecule has 2 aromatic heterocycles. The minimum absolute atomic E-state index is 0.0414. The molecule has 2 fully saturated rings. The van der Waals surface area contributed by atoms with Crippen LogP contribution in [-0.2, 0) is 25.4 Å². The van der Waals surface area contributed by atoms with Gasteiger partial charge >= 0.3 is 5.69 Å². The van der Waals surface area contributed by atoms with E-state index in [9.17, 15) is 23.9 Å². The van der Waals surface area contributed by atoms with Crippen LogP contribution in [0, 0.1) is 11.7 Å². The second-order valence-corrected chi connectivity index (χ2v) is 10.3. The zero-order valence-electron chi connectivity index (χ0n) is 20.9. The van der Waals surface area contributed by atoms with Crippen LogP contribution in [0.25, 0.3) is 11.2 Å². The topological polar surface area (TPSA) is 106 Å². The molecule has 37 heavy (non-hydrogen) atoms. The van der Waals surface area contributed by atoms with E-state index < -0.39 is 17.1 Å². The number of halogens is 2. The van der Waals surface area contributed by atoms with Crippen LogP contribution in [0.2, 0.25) is 5.02 Å². The zero-order chi connectivity index (χ0) is 26.4. The van der Waals surface area contributed by atoms with Crippen molar-refractivity contribution in [1.29, 1.82) is 0 Å². The molecule has 2 aliphatic rings. The first-order valence-electron chi connectivity index (χ1n) is 12.5. The van der Waals surface area contributed by atoms with Gasteiger partial charge in [0, 0.05) is 50.9 Å². The lowest BCUT2D eigenvalue weighted by Gasteiger charge is -2.37. The summed E-state index contributed by atoms with van der Waals surface area (Å²) in [6.07, 6.45) is 2.21. The van der Waals surface area contributed by atoms with Crippen LogP contribution in [0.1, 0.15) is 31.2 Å². The average Bonchev–Trinajstić information content (AvgIpc) is 3.28. The summed E-state index contributed by atoms with van der Waals surface area (Å²) < 4.78 is 18.7. The number of benzene rings is 1. The second kappa shape index (κ2) is 9.94. The largest absolute Gasteiger partial charge is 0.393 e. The number of carbonyl (C=O) groups is 1. The molecule has 2 saturated heterocycles. The van der Waals surface area contributed by atoms with Gasteiger partial charge in [-0.3, -0.25) is 23.3 Å². The van der Waals surface area contributed by atoms with Crippen molar-refractivity contribution in [3.8, 4) is 0 Å². The molecule has 10 nitrogen and oxygen atoms in total. The lowest BCUT2D eigenvalue weighted by molar-refractivity contribution is -0.137. The van der Waals surface area contributed by atoms with Crippen molar-refractivity contribution in [3.63, 3.8) is 0 Å². The molecule has 1 unspecified atom stereocenters. The summed E-state index contributed by atoms with van der Waals surface area (Å²) in [5.41, 5.74) is -0.499. The zero-order valence-corrected chi connectivity index (χ0v) is 21.6. The molecule has 1 aromatic carbocycles. The maximum atomic E-state index is 14.8. The quantitative estimate of drug-likeness (QED) is 0.545. The van der Waals surface area contributed by atoms with Crippen molar-refractivity contribution in [2.24, 2.45) is 20.0 Å². The number of hydrogen-bond donors (Lipinski definition) is 1. The number of aryl methyl sites for hydroxylation is 1. The Bertz CT molecular complexity index is 1450. The first-order valence-corrected chi connectivity index (χ1v) is 12.9. The molecule has 198 valence electrons. The predicted molar refractivity (Wildman–Crippen MR) is 137 cm³/mol. The molecule has 3 aromatic rings. The lowest BCUT2D eigenvalue weighted by Crippen LogP contribution is -2.48. The van der Waals surface area contributed by atoms with E-state index in [4.69, 9.17) is 11.6 Å². The number of aliphatic hydroxyl groups excluding tert-OH is 1. The van der Waals surface area contributed by atoms with E-state index in [2.05, 4.69) is 4.98 Å². The van der Waals surface area contributed by atoms with Gasteiger partial charge in [0.1, 0.15) is 5.82 Å². The number of nitrogens with zero attached hydrogens (tertiary/aromatic N) is 6. The second-order valence-electron chi connectivity index (χ2n) is 9.92. The van der Waals surface area contributed by atoms with E-state index in [1.807, 2.05) is 9.80 Å². The van der Waals surface area contributed by atoms with Crippen LogP contribution in [0.15, 0.2) is 27.8 Å². The highest BCUT2D eigenvalue weighted by Crippen LogP contribution is 2.29. The molecule has 0 radical (unpaired) electrons. The molecule has 4 heterocycles. The minimum Gasteiger partial charge on any atom is -0.393 e. The van der Waals surface area contributed by atoms with Crippen LogP contribution < -0.4 is 16.1 Å². The highest BCUT2D eigenvalue weighted by atomic mass is 35.5. The van der Waals surface area contributed by atoms with E-state index >= 15 is 0 Å². The van der Waals surface area contributed by atoms with Crippen LogP contribution in [0.4, 0.5) is 10.3 Å². The number of hydrogen-bond acceptors (Lipinski definition) is 6. The van der Waals surface area contributed by atoms with E-state index in [-0.39, 0.29) is 46.2 Å². The van der Waals surface area contributed by atoms with Gasteiger partial charge in [0.15, 0.2) is 11.2 Å². The molecular formula is C25H30ClFN6O4. The summed E-state index contributed by atoms with van der Waals surface area (Å²) in [5, 5.41) is 10.0. The van der Waals surface area contributed by atoms with Crippen molar-refractivity contribution in [1.82, 2.24) is 23.6 Å². The number of likely N-dealkylation sites (tertiary alicyclic amines) is 1. The molecule has 0 spiro atoms. The third kappa shape index (κ3) is 4.54. The Kier molecular flexibility index (Phi) is 6.84. The molecule has 0 saturated carbocycles. The lowest BCUT2D eigenvalue weighted by atomic mass is 9.95. The van der Waals surface area contributed by atoms with Crippen molar-refractivity contribution in [2.45, 2.75) is 38.3 Å². The summed E-state index contributed by atoms with van der Waals surface area (Å²) in [4.78, 5) is 47.6. The number of piperidine rings is 2. The van der Waals surface area contributed by atoms with Gasteiger partial charge in [-0.15, -0.1) is 0 Å². The minimum atomic E-state index is -0.541. The molecule has 0 aliphatic carbocycles. The molecule has 1 N–H and O–H groups in total. The van der Waals surface area contributed by atoms with Gasteiger partial charge in [-0.25, -0.2) is 9.18 Å². The molecule has 2 aliphatic heterocycles. The van der Waals surface area contributed by atoms with Gasteiger partial charge in [0.25, 0.3) is 5.56 Å². The summed E-state index contributed by atoms with van der Waals surface area (Å²) in [6, 6.07) is 4.40. The number of aliphatic hydroxyl groups is 1. The smallest absolute Gasteiger partial charge is 0.332 e. The highest BCUT2D eigenvalue weighted by molar-refractivity contribution is 6.31. The van der Waals surface area contributed by atoms with Crippen molar-refractivity contribution in [2.75, 3.05) is 31.1 Å². The van der Waals surface area contributed by atoms with Gasteiger partial charge in [-0.1, -0.05) is 17.7 Å². The van der Waals surface area contributed by atoms with Gasteiger partial charge in [-0.05, 0) is 37.8 Å². The number of anilines is 1. The summed E-state index contributed by atoms with van der Waals surface area (Å²) in [6.45, 7) is 1.95. The SMILES string of the molecule is Cn1c(=O)c2c(nc(N3CCCC(C(=O)N4CCC(O)CC4)C3)n2Cc2c(F)cccc2Cl)n(C)c1=O. The van der Waals surface area contributed by atoms with Crippen LogP contribution >= 0.6 is 11.6 Å². The van der Waals surface area contributed by atoms with Crippen molar-refractivity contribution in [3.05, 3.63) is 55.4 Å². The standard InChI is InChI=1S/C25H30ClFN6O4/c1-29-21-20(23(36)30(2)25(29)37)33(14-17-18(26)6-3-7-19(17)27)24(28-21)32-10-4-5-15(13-32)22(35)31-11-8-16(34)9-12-31/h3,6-7,15-16,34H,4-5,8-14H2,1-2H3.